The molecule has 2 aromatic rings. The van der Waals surface area contributed by atoms with Gasteiger partial charge in [0.25, 0.3) is 5.91 Å². The van der Waals surface area contributed by atoms with Gasteiger partial charge in [0.15, 0.2) is 0 Å². The number of aryl methyl sites for hydroxylation is 1. The van der Waals surface area contributed by atoms with Gasteiger partial charge in [-0.1, -0.05) is 18.2 Å². The van der Waals surface area contributed by atoms with Gasteiger partial charge in [0.1, 0.15) is 0 Å². The molecule has 5 heteroatoms. The molecule has 1 amide bonds. The Labute approximate surface area is 136 Å². The number of ether oxygens (including phenoxy) is 1. The molecule has 0 aliphatic carbocycles. The van der Waals surface area contributed by atoms with E-state index in [0.717, 1.165) is 48.4 Å². The van der Waals surface area contributed by atoms with Crippen LogP contribution in [0, 0.1) is 5.92 Å². The van der Waals surface area contributed by atoms with Crippen molar-refractivity contribution in [1.82, 2.24) is 14.8 Å². The van der Waals surface area contributed by atoms with Crippen molar-refractivity contribution >= 4 is 16.8 Å². The third kappa shape index (κ3) is 2.86. The van der Waals surface area contributed by atoms with Crippen molar-refractivity contribution in [3.63, 3.8) is 0 Å². The Morgan fingerprint density at radius 3 is 2.74 bits per heavy atom. The number of rotatable bonds is 4. The number of hydrogen-bond acceptors (Lipinski definition) is 3. The van der Waals surface area contributed by atoms with Crippen molar-refractivity contribution in [1.29, 1.82) is 0 Å². The molecule has 0 spiro atoms. The second-order valence-corrected chi connectivity index (χ2v) is 6.47. The standard InChI is InChI=1S/C18H23N3O2/c22-18(20-7-9-23-10-8-20)16-13-21(6-5-14-11-19-12-14)17-4-2-1-3-15(16)17/h1-4,13-14,19H,5-12H2. The average molecular weight is 313 g/mol. The van der Waals surface area contributed by atoms with Gasteiger partial charge in [0, 0.05) is 36.7 Å². The maximum absolute atomic E-state index is 12.9. The van der Waals surface area contributed by atoms with E-state index in [-0.39, 0.29) is 5.91 Å². The molecule has 5 nitrogen and oxygen atoms in total. The molecule has 0 unspecified atom stereocenters. The van der Waals surface area contributed by atoms with Gasteiger partial charge < -0.3 is 19.5 Å². The van der Waals surface area contributed by atoms with Crippen LogP contribution in [-0.4, -0.2) is 54.8 Å². The summed E-state index contributed by atoms with van der Waals surface area (Å²) in [5.74, 6) is 0.906. The number of nitrogens with zero attached hydrogens (tertiary/aromatic N) is 2. The summed E-state index contributed by atoms with van der Waals surface area (Å²) >= 11 is 0. The molecule has 2 aliphatic rings. The summed E-state index contributed by atoms with van der Waals surface area (Å²) < 4.78 is 7.61. The molecule has 0 atom stereocenters. The minimum absolute atomic E-state index is 0.133. The fourth-order valence-electron chi connectivity index (χ4n) is 3.41. The van der Waals surface area contributed by atoms with E-state index in [1.807, 2.05) is 17.0 Å². The summed E-state index contributed by atoms with van der Waals surface area (Å²) in [6.07, 6.45) is 3.21. The number of benzene rings is 1. The lowest BCUT2D eigenvalue weighted by molar-refractivity contribution is 0.0304. The monoisotopic (exact) mass is 313 g/mol. The number of hydrogen-bond donors (Lipinski definition) is 1. The van der Waals surface area contributed by atoms with Gasteiger partial charge in [0.05, 0.1) is 18.8 Å². The largest absolute Gasteiger partial charge is 0.378 e. The number of fused-ring (bicyclic) bond motifs is 1. The zero-order valence-corrected chi connectivity index (χ0v) is 13.3. The highest BCUT2D eigenvalue weighted by Crippen LogP contribution is 2.24. The van der Waals surface area contributed by atoms with Gasteiger partial charge in [-0.15, -0.1) is 0 Å². The number of aromatic nitrogens is 1. The molecular weight excluding hydrogens is 290 g/mol. The number of para-hydroxylation sites is 1. The maximum Gasteiger partial charge on any atom is 0.256 e. The van der Waals surface area contributed by atoms with Crippen molar-refractivity contribution in [3.8, 4) is 0 Å². The van der Waals surface area contributed by atoms with Crippen LogP contribution >= 0.6 is 0 Å². The Bertz CT molecular complexity index is 699. The van der Waals surface area contributed by atoms with Gasteiger partial charge in [-0.25, -0.2) is 0 Å². The van der Waals surface area contributed by atoms with Crippen molar-refractivity contribution in [3.05, 3.63) is 36.0 Å². The fourth-order valence-corrected chi connectivity index (χ4v) is 3.41. The minimum Gasteiger partial charge on any atom is -0.378 e. The van der Waals surface area contributed by atoms with Gasteiger partial charge in [-0.05, 0) is 31.5 Å². The molecule has 2 saturated heterocycles. The predicted octanol–water partition coefficient (Wildman–Crippen LogP) is 1.72. The summed E-state index contributed by atoms with van der Waals surface area (Å²) in [7, 11) is 0. The number of carbonyl (C=O) groups excluding carboxylic acids is 1. The number of carbonyl (C=O) groups is 1. The summed E-state index contributed by atoms with van der Waals surface area (Å²) in [5, 5.41) is 4.38. The molecule has 2 aliphatic heterocycles. The van der Waals surface area contributed by atoms with Crippen molar-refractivity contribution in [2.45, 2.75) is 13.0 Å². The highest BCUT2D eigenvalue weighted by molar-refractivity contribution is 6.07. The van der Waals surface area contributed by atoms with Crippen LogP contribution in [-0.2, 0) is 11.3 Å². The smallest absolute Gasteiger partial charge is 0.256 e. The average Bonchev–Trinajstić information content (AvgIpc) is 2.93. The van der Waals surface area contributed by atoms with Crippen LogP contribution in [0.15, 0.2) is 30.5 Å². The van der Waals surface area contributed by atoms with Crippen LogP contribution in [0.25, 0.3) is 10.9 Å². The minimum atomic E-state index is 0.133. The SMILES string of the molecule is O=C(c1cn(CCC2CNC2)c2ccccc12)N1CCOCC1. The Morgan fingerprint density at radius 2 is 2.00 bits per heavy atom. The lowest BCUT2D eigenvalue weighted by atomic mass is 9.99. The first-order valence-electron chi connectivity index (χ1n) is 8.48. The quantitative estimate of drug-likeness (QED) is 0.935. The molecule has 0 radical (unpaired) electrons. The first-order chi connectivity index (χ1) is 11.3. The molecule has 3 heterocycles. The van der Waals surface area contributed by atoms with Gasteiger partial charge in [-0.3, -0.25) is 4.79 Å². The summed E-state index contributed by atoms with van der Waals surface area (Å²) in [5.41, 5.74) is 1.99. The maximum atomic E-state index is 12.9. The topological polar surface area (TPSA) is 46.5 Å². The molecule has 122 valence electrons. The molecule has 0 bridgehead atoms. The molecule has 1 aromatic heterocycles. The fraction of sp³-hybridized carbons (Fsp3) is 0.500. The van der Waals surface area contributed by atoms with Crippen LogP contribution < -0.4 is 5.32 Å². The van der Waals surface area contributed by atoms with Crippen molar-refractivity contribution < 1.29 is 9.53 Å². The summed E-state index contributed by atoms with van der Waals surface area (Å²) in [6.45, 7) is 5.87. The second kappa shape index (κ2) is 6.34. The summed E-state index contributed by atoms with van der Waals surface area (Å²) in [4.78, 5) is 14.8. The second-order valence-electron chi connectivity index (χ2n) is 6.47. The van der Waals surface area contributed by atoms with E-state index in [1.54, 1.807) is 0 Å². The van der Waals surface area contributed by atoms with Crippen LogP contribution in [0.1, 0.15) is 16.8 Å². The Hall–Kier alpha value is -1.85. The van der Waals surface area contributed by atoms with E-state index in [1.165, 1.54) is 0 Å². The van der Waals surface area contributed by atoms with E-state index in [0.29, 0.717) is 26.3 Å². The van der Waals surface area contributed by atoms with E-state index in [2.05, 4.69) is 28.2 Å². The van der Waals surface area contributed by atoms with Crippen molar-refractivity contribution in [2.75, 3.05) is 39.4 Å². The van der Waals surface area contributed by atoms with Gasteiger partial charge in [-0.2, -0.15) is 0 Å². The zero-order chi connectivity index (χ0) is 15.6. The van der Waals surface area contributed by atoms with Crippen LogP contribution in [0.4, 0.5) is 0 Å². The van der Waals surface area contributed by atoms with Crippen LogP contribution in [0.3, 0.4) is 0 Å². The number of amides is 1. The van der Waals surface area contributed by atoms with Crippen LogP contribution in [0.5, 0.6) is 0 Å². The molecule has 0 saturated carbocycles. The normalized spacial score (nSPS) is 19.0. The molecule has 2 fully saturated rings. The molecule has 4 rings (SSSR count). The predicted molar refractivity (Wildman–Crippen MR) is 89.6 cm³/mol. The van der Waals surface area contributed by atoms with E-state index in [4.69, 9.17) is 4.74 Å². The highest BCUT2D eigenvalue weighted by atomic mass is 16.5. The van der Waals surface area contributed by atoms with E-state index < -0.39 is 0 Å². The first kappa shape index (κ1) is 14.7. The highest BCUT2D eigenvalue weighted by Gasteiger charge is 2.23. The Kier molecular flexibility index (Phi) is 4.06. The number of nitrogens with one attached hydrogen (secondary N) is 1. The lowest BCUT2D eigenvalue weighted by Gasteiger charge is -2.27. The van der Waals surface area contributed by atoms with Crippen molar-refractivity contribution in [2.24, 2.45) is 5.92 Å². The third-order valence-electron chi connectivity index (χ3n) is 4.96. The zero-order valence-electron chi connectivity index (χ0n) is 13.3. The molecule has 1 aromatic carbocycles. The van der Waals surface area contributed by atoms with Gasteiger partial charge in [0.2, 0.25) is 0 Å². The summed E-state index contributed by atoms with van der Waals surface area (Å²) in [6, 6.07) is 8.24. The van der Waals surface area contributed by atoms with Gasteiger partial charge >= 0.3 is 0 Å². The van der Waals surface area contributed by atoms with E-state index in [9.17, 15) is 4.79 Å². The van der Waals surface area contributed by atoms with E-state index >= 15 is 0 Å². The Balaban J connectivity index is 1.61. The first-order valence-corrected chi connectivity index (χ1v) is 8.48. The molecule has 1 N–H and O–H groups in total. The van der Waals surface area contributed by atoms with Crippen LogP contribution in [0.2, 0.25) is 0 Å². The number of morpholine rings is 1. The molecule has 23 heavy (non-hydrogen) atoms. The third-order valence-corrected chi connectivity index (χ3v) is 4.96. The lowest BCUT2D eigenvalue weighted by Crippen LogP contribution is -2.42. The Morgan fingerprint density at radius 1 is 1.22 bits per heavy atom. The molecular formula is C18H23N3O2.